The summed E-state index contributed by atoms with van der Waals surface area (Å²) in [5.74, 6) is 0.0174. The number of nitrogens with two attached hydrogens (primary N) is 1. The molecule has 3 aromatic rings. The lowest BCUT2D eigenvalue weighted by Crippen LogP contribution is -2.19. The molecule has 3 aliphatic carbocycles. The molecule has 1 aromatic carbocycles. The summed E-state index contributed by atoms with van der Waals surface area (Å²) in [4.78, 5) is 24.2. The number of carbonyl (C=O) groups excluding carboxylic acids is 2. The van der Waals surface area contributed by atoms with E-state index in [1.165, 1.54) is 31.1 Å². The van der Waals surface area contributed by atoms with E-state index in [0.717, 1.165) is 35.4 Å². The minimum absolute atomic E-state index is 0.0101. The molecular weight excluding hydrogens is 477 g/mol. The monoisotopic (exact) mass is 505 g/mol. The van der Waals surface area contributed by atoms with Crippen LogP contribution in [0.2, 0.25) is 0 Å². The van der Waals surface area contributed by atoms with E-state index in [2.05, 4.69) is 32.0 Å². The smallest absolute Gasteiger partial charge is 0.271 e. The summed E-state index contributed by atoms with van der Waals surface area (Å²) >= 11 is 0. The number of carbonyl (C=O) groups is 2. The van der Waals surface area contributed by atoms with Gasteiger partial charge in [0.25, 0.3) is 5.91 Å². The van der Waals surface area contributed by atoms with E-state index in [4.69, 9.17) is 15.6 Å². The molecule has 36 heavy (non-hydrogen) atoms. The predicted molar refractivity (Wildman–Crippen MR) is 138 cm³/mol. The maximum absolute atomic E-state index is 12.2. The molecule has 2 amide bonds. The Balaban J connectivity index is 1.31. The van der Waals surface area contributed by atoms with E-state index in [0.29, 0.717) is 17.1 Å². The number of amides is 2. The summed E-state index contributed by atoms with van der Waals surface area (Å²) in [6, 6.07) is 9.44. The summed E-state index contributed by atoms with van der Waals surface area (Å²) in [6.45, 7) is 0. The zero-order valence-corrected chi connectivity index (χ0v) is 20.8. The molecule has 0 bridgehead atoms. The number of aromatic amines is 1. The van der Waals surface area contributed by atoms with Gasteiger partial charge in [0.05, 0.1) is 29.6 Å². The lowest BCUT2D eigenvalue weighted by Gasteiger charge is -2.16. The molecule has 5 N–H and O–H groups in total. The van der Waals surface area contributed by atoms with Crippen molar-refractivity contribution in [1.82, 2.24) is 20.4 Å². The van der Waals surface area contributed by atoms with Crippen LogP contribution in [0.15, 0.2) is 30.3 Å². The van der Waals surface area contributed by atoms with Crippen LogP contribution < -0.4 is 26.5 Å². The minimum Gasteiger partial charge on any atom is -0.494 e. The number of rotatable bonds is 10. The Morgan fingerprint density at radius 2 is 1.81 bits per heavy atom. The first-order valence-electron chi connectivity index (χ1n) is 12.3. The molecule has 2 heterocycles. The zero-order valence-electron chi connectivity index (χ0n) is 20.0. The SMILES string of the molecule is COc1c(Nc2cc(NC(=O)C3CC3)nnc2C(N)=O)cccc1-c1cc(P(C2CC2)C2CC2)n[nH]1. The second-order valence-corrected chi connectivity index (χ2v) is 12.4. The van der Waals surface area contributed by atoms with Crippen molar-refractivity contribution in [3.05, 3.63) is 36.0 Å². The van der Waals surface area contributed by atoms with Crippen molar-refractivity contribution in [2.75, 3.05) is 17.7 Å². The second kappa shape index (κ2) is 9.17. The third kappa shape index (κ3) is 4.65. The van der Waals surface area contributed by atoms with Gasteiger partial charge in [0, 0.05) is 17.5 Å². The quantitative estimate of drug-likeness (QED) is 0.308. The van der Waals surface area contributed by atoms with Crippen LogP contribution in [0, 0.1) is 5.92 Å². The first-order valence-corrected chi connectivity index (χ1v) is 13.8. The Labute approximate surface area is 209 Å². The predicted octanol–water partition coefficient (Wildman–Crippen LogP) is 3.50. The summed E-state index contributed by atoms with van der Waals surface area (Å²) in [5, 5.41) is 21.8. The largest absolute Gasteiger partial charge is 0.494 e. The Morgan fingerprint density at radius 1 is 1.06 bits per heavy atom. The van der Waals surface area contributed by atoms with Crippen molar-refractivity contribution in [2.24, 2.45) is 11.7 Å². The van der Waals surface area contributed by atoms with E-state index in [-0.39, 0.29) is 31.3 Å². The number of hydrogen-bond donors (Lipinski definition) is 4. The van der Waals surface area contributed by atoms with Crippen LogP contribution in [-0.2, 0) is 4.79 Å². The van der Waals surface area contributed by atoms with Crippen LogP contribution in [-0.4, -0.2) is 50.6 Å². The number of hydrogen-bond acceptors (Lipinski definition) is 7. The van der Waals surface area contributed by atoms with Crippen molar-refractivity contribution in [3.8, 4) is 17.0 Å². The van der Waals surface area contributed by atoms with E-state index in [1.807, 2.05) is 18.2 Å². The highest BCUT2D eigenvalue weighted by molar-refractivity contribution is 7.67. The van der Waals surface area contributed by atoms with Crippen molar-refractivity contribution in [1.29, 1.82) is 0 Å². The van der Waals surface area contributed by atoms with Crippen LogP contribution in [0.4, 0.5) is 17.2 Å². The fourth-order valence-electron chi connectivity index (χ4n) is 4.48. The first kappa shape index (κ1) is 22.9. The van der Waals surface area contributed by atoms with Crippen LogP contribution in [0.3, 0.4) is 0 Å². The van der Waals surface area contributed by atoms with Gasteiger partial charge in [0.1, 0.15) is 0 Å². The van der Waals surface area contributed by atoms with Crippen LogP contribution >= 0.6 is 7.92 Å². The molecule has 3 aliphatic rings. The van der Waals surface area contributed by atoms with Crippen molar-refractivity contribution >= 4 is 42.4 Å². The Kier molecular flexibility index (Phi) is 5.84. The van der Waals surface area contributed by atoms with Crippen molar-refractivity contribution in [3.63, 3.8) is 0 Å². The topological polar surface area (TPSA) is 148 Å². The van der Waals surface area contributed by atoms with E-state index in [9.17, 15) is 9.59 Å². The fourth-order valence-corrected chi connectivity index (χ4v) is 7.67. The van der Waals surface area contributed by atoms with Gasteiger partial charge in [-0.2, -0.15) is 5.10 Å². The Hall–Kier alpha value is -3.52. The highest BCUT2D eigenvalue weighted by Crippen LogP contribution is 2.62. The third-order valence-electron chi connectivity index (χ3n) is 6.71. The first-order chi connectivity index (χ1) is 17.5. The molecule has 0 radical (unpaired) electrons. The van der Waals surface area contributed by atoms with Gasteiger partial charge in [0.15, 0.2) is 17.3 Å². The lowest BCUT2D eigenvalue weighted by atomic mass is 10.1. The maximum atomic E-state index is 12.2. The molecule has 10 nitrogen and oxygen atoms in total. The minimum atomic E-state index is -0.730. The van der Waals surface area contributed by atoms with Gasteiger partial charge in [-0.05, 0) is 76.0 Å². The second-order valence-electron chi connectivity index (χ2n) is 9.64. The van der Waals surface area contributed by atoms with Gasteiger partial charge >= 0.3 is 0 Å². The molecule has 0 aliphatic heterocycles. The van der Waals surface area contributed by atoms with Crippen molar-refractivity contribution in [2.45, 2.75) is 49.8 Å². The van der Waals surface area contributed by atoms with Crippen LogP contribution in [0.25, 0.3) is 11.3 Å². The molecule has 11 heteroatoms. The van der Waals surface area contributed by atoms with Gasteiger partial charge in [-0.3, -0.25) is 14.7 Å². The Morgan fingerprint density at radius 3 is 2.44 bits per heavy atom. The van der Waals surface area contributed by atoms with Crippen molar-refractivity contribution < 1.29 is 14.3 Å². The number of aromatic nitrogens is 4. The summed E-state index contributed by atoms with van der Waals surface area (Å²) in [5.41, 5.74) is 11.0. The number of nitrogens with one attached hydrogen (secondary N) is 3. The summed E-state index contributed by atoms with van der Waals surface area (Å²) in [6.07, 6.45) is 7.01. The molecule has 186 valence electrons. The van der Waals surface area contributed by atoms with Crippen LogP contribution in [0.1, 0.15) is 49.0 Å². The van der Waals surface area contributed by atoms with E-state index >= 15 is 0 Å². The number of nitrogens with zero attached hydrogens (tertiary/aromatic N) is 3. The van der Waals surface area contributed by atoms with Gasteiger partial charge in [0.2, 0.25) is 5.91 Å². The summed E-state index contributed by atoms with van der Waals surface area (Å²) in [7, 11) is 1.40. The molecule has 3 fully saturated rings. The van der Waals surface area contributed by atoms with Gasteiger partial charge in [-0.1, -0.05) is 6.07 Å². The normalized spacial score (nSPS) is 17.2. The number of anilines is 3. The molecule has 0 atom stereocenters. The average Bonchev–Trinajstić information content (AvgIpc) is 3.71. The molecule has 0 spiro atoms. The maximum Gasteiger partial charge on any atom is 0.271 e. The molecular formula is C25H28N7O3P. The van der Waals surface area contributed by atoms with Gasteiger partial charge < -0.3 is 21.1 Å². The lowest BCUT2D eigenvalue weighted by molar-refractivity contribution is -0.117. The number of primary amides is 1. The Bertz CT molecular complexity index is 1320. The average molecular weight is 506 g/mol. The van der Waals surface area contributed by atoms with Crippen LogP contribution in [0.5, 0.6) is 5.75 Å². The molecule has 3 saturated carbocycles. The number of para-hydroxylation sites is 1. The van der Waals surface area contributed by atoms with Gasteiger partial charge in [-0.25, -0.2) is 0 Å². The highest BCUT2D eigenvalue weighted by atomic mass is 31.1. The molecule has 6 rings (SSSR count). The summed E-state index contributed by atoms with van der Waals surface area (Å²) < 4.78 is 5.80. The number of benzene rings is 1. The molecule has 0 unspecified atom stereocenters. The van der Waals surface area contributed by atoms with E-state index in [1.54, 1.807) is 13.2 Å². The highest BCUT2D eigenvalue weighted by Gasteiger charge is 2.43. The third-order valence-corrected chi connectivity index (χ3v) is 10.1. The standard InChI is InChI=1S/C25H28N7O3P/c1-35-23-16(18-12-21(31-29-18)36(14-7-8-14)15-9-10-15)3-2-4-17(23)27-19-11-20(28-25(34)13-5-6-13)30-32-22(19)24(26)33/h2-4,11-15H,5-10H2,1H3,(H2,26,33)(H,29,31)(H2,27,28,30,34). The molecule has 0 saturated heterocycles. The fraction of sp³-hybridized carbons (Fsp3) is 0.400. The molecule has 2 aromatic heterocycles. The van der Waals surface area contributed by atoms with E-state index < -0.39 is 5.91 Å². The van der Waals surface area contributed by atoms with Gasteiger partial charge in [-0.15, -0.1) is 10.2 Å². The zero-order chi connectivity index (χ0) is 24.8. The number of H-pyrrole nitrogens is 1. The number of ether oxygens (including phenoxy) is 1. The number of methoxy groups -OCH3 is 1.